The van der Waals surface area contributed by atoms with Gasteiger partial charge in [-0.3, -0.25) is 0 Å². The number of alkyl halides is 3. The number of hydrogen-bond donors (Lipinski definition) is 1. The summed E-state index contributed by atoms with van der Waals surface area (Å²) >= 11 is 0. The number of benzene rings is 1. The summed E-state index contributed by atoms with van der Waals surface area (Å²) in [5.74, 6) is 0. The van der Waals surface area contributed by atoms with Gasteiger partial charge in [-0.15, -0.1) is 0 Å². The molecule has 4 heteroatoms. The normalized spacial score (nSPS) is 18.5. The molecule has 0 aliphatic heterocycles. The van der Waals surface area contributed by atoms with Crippen LogP contribution in [0, 0.1) is 0 Å². The van der Waals surface area contributed by atoms with Crippen molar-refractivity contribution < 1.29 is 13.2 Å². The van der Waals surface area contributed by atoms with Crippen molar-refractivity contribution in [3.63, 3.8) is 0 Å². The highest BCUT2D eigenvalue weighted by molar-refractivity contribution is 5.37. The van der Waals surface area contributed by atoms with Gasteiger partial charge in [-0.25, -0.2) is 0 Å². The molecule has 0 saturated heterocycles. The highest BCUT2D eigenvalue weighted by Crippen LogP contribution is 2.41. The highest BCUT2D eigenvalue weighted by Gasteiger charge is 2.56. The van der Waals surface area contributed by atoms with Crippen LogP contribution in [-0.2, 0) is 12.8 Å². The van der Waals surface area contributed by atoms with Crippen molar-refractivity contribution in [2.75, 3.05) is 6.54 Å². The first-order chi connectivity index (χ1) is 7.48. The fourth-order valence-electron chi connectivity index (χ4n) is 2.38. The van der Waals surface area contributed by atoms with Crippen molar-refractivity contribution >= 4 is 0 Å². The van der Waals surface area contributed by atoms with Crippen molar-refractivity contribution in [1.29, 1.82) is 0 Å². The second-order valence-corrected chi connectivity index (χ2v) is 4.23. The summed E-state index contributed by atoms with van der Waals surface area (Å²) in [5, 5.41) is 2.62. The molecule has 0 saturated carbocycles. The Bertz CT molecular complexity index is 359. The molecule has 0 aromatic heterocycles. The Morgan fingerprint density at radius 1 is 1.19 bits per heavy atom. The van der Waals surface area contributed by atoms with Gasteiger partial charge < -0.3 is 5.32 Å². The zero-order chi connectivity index (χ0) is 11.8. The summed E-state index contributed by atoms with van der Waals surface area (Å²) in [4.78, 5) is 0. The third kappa shape index (κ3) is 1.71. The predicted octanol–water partition coefficient (Wildman–Crippen LogP) is 2.70. The molecule has 16 heavy (non-hydrogen) atoms. The van der Waals surface area contributed by atoms with Gasteiger partial charge in [0.2, 0.25) is 0 Å². The third-order valence-corrected chi connectivity index (χ3v) is 3.16. The molecule has 0 atom stereocenters. The standard InChI is InChI=1S/C12H14F3N/c1-2-16-11(12(13,14)15)7-9-5-3-4-6-10(9)8-11/h3-6,16H,2,7-8H2,1H3. The lowest BCUT2D eigenvalue weighted by molar-refractivity contribution is -0.193. The molecule has 88 valence electrons. The Morgan fingerprint density at radius 3 is 2.06 bits per heavy atom. The fraction of sp³-hybridized carbons (Fsp3) is 0.500. The smallest absolute Gasteiger partial charge is 0.303 e. The fourth-order valence-corrected chi connectivity index (χ4v) is 2.38. The minimum Gasteiger partial charge on any atom is -0.303 e. The molecule has 1 aliphatic carbocycles. The zero-order valence-corrected chi connectivity index (χ0v) is 9.06. The SMILES string of the molecule is CCNC1(C(F)(F)F)Cc2ccccc2C1. The summed E-state index contributed by atoms with van der Waals surface area (Å²) < 4.78 is 39.3. The van der Waals surface area contributed by atoms with Gasteiger partial charge in [0.25, 0.3) is 0 Å². The topological polar surface area (TPSA) is 12.0 Å². The molecule has 1 nitrogen and oxygen atoms in total. The molecular weight excluding hydrogens is 215 g/mol. The Kier molecular flexibility index (Phi) is 2.70. The van der Waals surface area contributed by atoms with Crippen molar-refractivity contribution in [1.82, 2.24) is 5.32 Å². The molecule has 0 spiro atoms. The van der Waals surface area contributed by atoms with E-state index in [2.05, 4.69) is 5.32 Å². The van der Waals surface area contributed by atoms with E-state index in [9.17, 15) is 13.2 Å². The van der Waals surface area contributed by atoms with Crippen LogP contribution in [0.2, 0.25) is 0 Å². The summed E-state index contributed by atoms with van der Waals surface area (Å²) in [6, 6.07) is 7.13. The van der Waals surface area contributed by atoms with E-state index in [1.807, 2.05) is 0 Å². The van der Waals surface area contributed by atoms with Crippen molar-refractivity contribution in [3.8, 4) is 0 Å². The molecule has 0 unspecified atom stereocenters. The number of likely N-dealkylation sites (N-methyl/N-ethyl adjacent to an activating group) is 1. The van der Waals surface area contributed by atoms with Crippen LogP contribution in [0.1, 0.15) is 18.1 Å². The third-order valence-electron chi connectivity index (χ3n) is 3.16. The largest absolute Gasteiger partial charge is 0.407 e. The Hall–Kier alpha value is -1.03. The van der Waals surface area contributed by atoms with E-state index in [1.165, 1.54) is 0 Å². The van der Waals surface area contributed by atoms with E-state index in [-0.39, 0.29) is 12.8 Å². The van der Waals surface area contributed by atoms with Crippen LogP contribution in [0.3, 0.4) is 0 Å². The van der Waals surface area contributed by atoms with Crippen LogP contribution in [0.25, 0.3) is 0 Å². The molecule has 0 heterocycles. The van der Waals surface area contributed by atoms with Crippen molar-refractivity contribution in [2.45, 2.75) is 31.5 Å². The number of hydrogen-bond acceptors (Lipinski definition) is 1. The lowest BCUT2D eigenvalue weighted by Gasteiger charge is -2.32. The Labute approximate surface area is 92.7 Å². The monoisotopic (exact) mass is 229 g/mol. The maximum atomic E-state index is 13.1. The molecule has 1 aliphatic rings. The van der Waals surface area contributed by atoms with E-state index in [0.717, 1.165) is 11.1 Å². The average molecular weight is 229 g/mol. The number of rotatable bonds is 2. The van der Waals surface area contributed by atoms with E-state index in [1.54, 1.807) is 31.2 Å². The summed E-state index contributed by atoms with van der Waals surface area (Å²) in [6.45, 7) is 2.03. The Balaban J connectivity index is 2.35. The quantitative estimate of drug-likeness (QED) is 0.822. The molecule has 1 N–H and O–H groups in total. The van der Waals surface area contributed by atoms with Crippen LogP contribution < -0.4 is 5.32 Å². The number of fused-ring (bicyclic) bond motifs is 1. The second-order valence-electron chi connectivity index (χ2n) is 4.23. The van der Waals surface area contributed by atoms with Crippen molar-refractivity contribution in [3.05, 3.63) is 35.4 Å². The predicted molar refractivity (Wildman–Crippen MR) is 56.3 cm³/mol. The molecule has 1 aromatic rings. The molecule has 0 bridgehead atoms. The van der Waals surface area contributed by atoms with E-state index in [0.29, 0.717) is 6.54 Å². The van der Waals surface area contributed by atoms with Gasteiger partial charge in [0.15, 0.2) is 0 Å². The molecule has 0 radical (unpaired) electrons. The average Bonchev–Trinajstić information content (AvgIpc) is 2.56. The van der Waals surface area contributed by atoms with Gasteiger partial charge in [-0.2, -0.15) is 13.2 Å². The summed E-state index contributed by atoms with van der Waals surface area (Å²) in [6.07, 6.45) is -4.12. The summed E-state index contributed by atoms with van der Waals surface area (Å²) in [7, 11) is 0. The highest BCUT2D eigenvalue weighted by atomic mass is 19.4. The van der Waals surface area contributed by atoms with Crippen LogP contribution in [0.5, 0.6) is 0 Å². The van der Waals surface area contributed by atoms with Crippen LogP contribution in [0.4, 0.5) is 13.2 Å². The van der Waals surface area contributed by atoms with Gasteiger partial charge in [-0.05, 0) is 17.7 Å². The minimum atomic E-state index is -4.21. The molecule has 0 amide bonds. The van der Waals surface area contributed by atoms with Crippen LogP contribution >= 0.6 is 0 Å². The van der Waals surface area contributed by atoms with E-state index in [4.69, 9.17) is 0 Å². The van der Waals surface area contributed by atoms with Gasteiger partial charge in [-0.1, -0.05) is 31.2 Å². The van der Waals surface area contributed by atoms with Gasteiger partial charge >= 0.3 is 6.18 Å². The maximum Gasteiger partial charge on any atom is 0.407 e. The van der Waals surface area contributed by atoms with Crippen LogP contribution in [0.15, 0.2) is 24.3 Å². The number of halogens is 3. The molecule has 0 fully saturated rings. The number of nitrogens with one attached hydrogen (secondary N) is 1. The van der Waals surface area contributed by atoms with Crippen LogP contribution in [-0.4, -0.2) is 18.3 Å². The maximum absolute atomic E-state index is 13.1. The Morgan fingerprint density at radius 2 is 1.69 bits per heavy atom. The van der Waals surface area contributed by atoms with Gasteiger partial charge in [0.05, 0.1) is 0 Å². The first kappa shape index (κ1) is 11.5. The van der Waals surface area contributed by atoms with E-state index < -0.39 is 11.7 Å². The van der Waals surface area contributed by atoms with Crippen molar-refractivity contribution in [2.24, 2.45) is 0 Å². The van der Waals surface area contributed by atoms with Gasteiger partial charge in [0, 0.05) is 12.8 Å². The first-order valence-corrected chi connectivity index (χ1v) is 5.37. The zero-order valence-electron chi connectivity index (χ0n) is 9.06. The lowest BCUT2D eigenvalue weighted by Crippen LogP contribution is -2.57. The molecule has 1 aromatic carbocycles. The van der Waals surface area contributed by atoms with Gasteiger partial charge in [0.1, 0.15) is 5.54 Å². The molecular formula is C12H14F3N. The first-order valence-electron chi connectivity index (χ1n) is 5.37. The minimum absolute atomic E-state index is 0.0422. The second kappa shape index (κ2) is 3.77. The summed E-state index contributed by atoms with van der Waals surface area (Å²) in [5.41, 5.74) is -0.146. The lowest BCUT2D eigenvalue weighted by atomic mass is 9.95. The molecule has 2 rings (SSSR count). The van der Waals surface area contributed by atoms with E-state index >= 15 is 0 Å².